The number of aliphatic hydroxyl groups is 1. The van der Waals surface area contributed by atoms with Gasteiger partial charge in [0, 0.05) is 43.3 Å². The quantitative estimate of drug-likeness (QED) is 0.119. The van der Waals surface area contributed by atoms with Gasteiger partial charge in [0.25, 0.3) is 0 Å². The number of carbonyl (C=O) groups is 1. The summed E-state index contributed by atoms with van der Waals surface area (Å²) in [5, 5.41) is 9.36. The number of aromatic nitrogens is 1. The van der Waals surface area contributed by atoms with Crippen LogP contribution in [0.4, 0.5) is 0 Å². The minimum absolute atomic E-state index is 0. The third-order valence-electron chi connectivity index (χ3n) is 5.74. The summed E-state index contributed by atoms with van der Waals surface area (Å²) >= 11 is 0. The van der Waals surface area contributed by atoms with Crippen LogP contribution >= 0.6 is 0 Å². The van der Waals surface area contributed by atoms with Crippen molar-refractivity contribution in [2.24, 2.45) is 0 Å². The van der Waals surface area contributed by atoms with Gasteiger partial charge in [-0.3, -0.25) is 4.79 Å². The Balaban J connectivity index is 0.000000422. The summed E-state index contributed by atoms with van der Waals surface area (Å²) in [7, 11) is 0. The van der Waals surface area contributed by atoms with E-state index in [1.165, 1.54) is 42.2 Å². The first-order valence-electron chi connectivity index (χ1n) is 11.7. The maximum absolute atomic E-state index is 10.0. The van der Waals surface area contributed by atoms with Crippen molar-refractivity contribution >= 4 is 16.8 Å². The standard InChI is InChI=1S/C27H20NO.C5H8O2.Ir/c1-18-7-6-8-19(2)27(18)22-13-11-21(12-14-22)25-15-23-17-28-24(16-26(23)29-25)20-9-4-3-5-10-20;1-4(6)3-5(2)7;/h3-9,11-17H,1-2H3;3,6H,1-2H3;/q-1;;/b;4-3-;. The number of ketones is 1. The van der Waals surface area contributed by atoms with E-state index in [9.17, 15) is 4.79 Å². The maximum atomic E-state index is 10.0. The van der Waals surface area contributed by atoms with Gasteiger partial charge in [0.1, 0.15) is 11.3 Å². The summed E-state index contributed by atoms with van der Waals surface area (Å²) in [6.07, 6.45) is 3.03. The fraction of sp³-hybridized carbons (Fsp3) is 0.125. The van der Waals surface area contributed by atoms with E-state index in [0.717, 1.165) is 33.6 Å². The van der Waals surface area contributed by atoms with Crippen LogP contribution in [0.15, 0.2) is 101 Å². The van der Waals surface area contributed by atoms with Gasteiger partial charge in [0.05, 0.1) is 5.76 Å². The van der Waals surface area contributed by atoms with E-state index in [1.54, 1.807) is 0 Å². The van der Waals surface area contributed by atoms with Crippen LogP contribution in [-0.4, -0.2) is 15.9 Å². The van der Waals surface area contributed by atoms with Gasteiger partial charge in [-0.2, -0.15) is 0 Å². The summed E-state index contributed by atoms with van der Waals surface area (Å²) in [4.78, 5) is 14.6. The Morgan fingerprint density at radius 2 is 1.59 bits per heavy atom. The second-order valence-corrected chi connectivity index (χ2v) is 8.73. The number of hydrogen-bond donors (Lipinski definition) is 1. The van der Waals surface area contributed by atoms with Crippen molar-refractivity contribution in [3.63, 3.8) is 0 Å². The van der Waals surface area contributed by atoms with E-state index in [2.05, 4.69) is 73.4 Å². The normalized spacial score (nSPS) is 10.9. The Bertz CT molecular complexity index is 1510. The van der Waals surface area contributed by atoms with Crippen molar-refractivity contribution in [1.82, 2.24) is 4.98 Å². The van der Waals surface area contributed by atoms with Gasteiger partial charge < -0.3 is 14.5 Å². The number of pyridine rings is 1. The fourth-order valence-electron chi connectivity index (χ4n) is 4.14. The average Bonchev–Trinajstić information content (AvgIpc) is 3.28. The Labute approximate surface area is 231 Å². The summed E-state index contributed by atoms with van der Waals surface area (Å²) in [5.74, 6) is 0.788. The van der Waals surface area contributed by atoms with Crippen LogP contribution in [0.5, 0.6) is 0 Å². The molecule has 0 unspecified atom stereocenters. The number of rotatable bonds is 4. The van der Waals surface area contributed by atoms with Crippen molar-refractivity contribution in [1.29, 1.82) is 0 Å². The number of aliphatic hydroxyl groups excluding tert-OH is 1. The summed E-state index contributed by atoms with van der Waals surface area (Å²) in [6.45, 7) is 7.16. The zero-order valence-electron chi connectivity index (χ0n) is 21.2. The zero-order chi connectivity index (χ0) is 25.7. The molecule has 4 nitrogen and oxygen atoms in total. The van der Waals surface area contributed by atoms with Crippen LogP contribution in [0.25, 0.3) is 44.7 Å². The Morgan fingerprint density at radius 3 is 2.16 bits per heavy atom. The van der Waals surface area contributed by atoms with Crippen LogP contribution in [0.2, 0.25) is 0 Å². The Kier molecular flexibility index (Phi) is 9.35. The number of hydrogen-bond acceptors (Lipinski definition) is 4. The molecule has 1 radical (unpaired) electrons. The molecule has 1 N–H and O–H groups in total. The van der Waals surface area contributed by atoms with Gasteiger partial charge in [-0.1, -0.05) is 42.5 Å². The monoisotopic (exact) mass is 667 g/mol. The zero-order valence-corrected chi connectivity index (χ0v) is 23.6. The molecular weight excluding hydrogens is 639 g/mol. The molecule has 0 amide bonds. The van der Waals surface area contributed by atoms with Gasteiger partial charge in [-0.15, -0.1) is 35.9 Å². The van der Waals surface area contributed by atoms with Crippen molar-refractivity contribution in [2.75, 3.05) is 0 Å². The number of carbonyl (C=O) groups excluding carboxylic acids is 1. The molecule has 5 heteroatoms. The van der Waals surface area contributed by atoms with E-state index < -0.39 is 0 Å². The van der Waals surface area contributed by atoms with Gasteiger partial charge >= 0.3 is 0 Å². The summed E-state index contributed by atoms with van der Waals surface area (Å²) < 4.78 is 6.16. The van der Waals surface area contributed by atoms with Crippen LogP contribution in [0.3, 0.4) is 0 Å². The molecule has 189 valence electrons. The predicted octanol–water partition coefficient (Wildman–Crippen LogP) is 8.28. The molecule has 0 aliphatic carbocycles. The molecule has 2 heterocycles. The minimum atomic E-state index is -0.125. The van der Waals surface area contributed by atoms with E-state index in [-0.39, 0.29) is 31.6 Å². The van der Waals surface area contributed by atoms with E-state index in [1.807, 2.05) is 36.5 Å². The van der Waals surface area contributed by atoms with Crippen LogP contribution in [-0.2, 0) is 24.9 Å². The Morgan fingerprint density at radius 1 is 0.919 bits per heavy atom. The second-order valence-electron chi connectivity index (χ2n) is 8.73. The van der Waals surface area contributed by atoms with Gasteiger partial charge in [-0.25, -0.2) is 0 Å². The minimum Gasteiger partial charge on any atom is -0.512 e. The topological polar surface area (TPSA) is 63.3 Å². The molecule has 0 atom stereocenters. The maximum Gasteiger partial charge on any atom is 0.155 e. The van der Waals surface area contributed by atoms with Crippen molar-refractivity contribution in [3.8, 4) is 33.7 Å². The number of allylic oxidation sites excluding steroid dienone is 2. The first-order valence-corrected chi connectivity index (χ1v) is 11.7. The molecular formula is C32H28IrNO3-. The largest absolute Gasteiger partial charge is 0.512 e. The molecule has 0 saturated heterocycles. The molecule has 0 aliphatic heterocycles. The number of fused-ring (bicyclic) bond motifs is 1. The molecule has 0 aliphatic rings. The summed E-state index contributed by atoms with van der Waals surface area (Å²) in [6, 6.07) is 30.1. The fourth-order valence-corrected chi connectivity index (χ4v) is 4.14. The third-order valence-corrected chi connectivity index (χ3v) is 5.74. The van der Waals surface area contributed by atoms with Gasteiger partial charge in [0.15, 0.2) is 5.78 Å². The SMILES string of the molecule is CC(=O)/C=C(/C)O.Cc1cccc(C)c1-c1ccc(-c2cc3cnc(-c4[c-]cccc4)cc3o2)cc1.[Ir]. The number of aryl methyl sites for hydroxylation is 2. The average molecular weight is 667 g/mol. The van der Waals surface area contributed by atoms with Gasteiger partial charge in [-0.05, 0) is 67.8 Å². The number of furan rings is 1. The van der Waals surface area contributed by atoms with Crippen molar-refractivity contribution in [2.45, 2.75) is 27.7 Å². The predicted molar refractivity (Wildman–Crippen MR) is 146 cm³/mol. The first-order chi connectivity index (χ1) is 17.3. The molecule has 3 aromatic carbocycles. The molecule has 2 aromatic heterocycles. The van der Waals surface area contributed by atoms with E-state index in [0.29, 0.717) is 0 Å². The van der Waals surface area contributed by atoms with E-state index in [4.69, 9.17) is 9.52 Å². The van der Waals surface area contributed by atoms with Crippen LogP contribution in [0, 0.1) is 19.9 Å². The molecule has 0 bridgehead atoms. The molecule has 5 rings (SSSR count). The number of benzene rings is 3. The van der Waals surface area contributed by atoms with E-state index >= 15 is 0 Å². The third kappa shape index (κ3) is 6.91. The Hall–Kier alpha value is -3.79. The van der Waals surface area contributed by atoms with Crippen molar-refractivity contribution < 1.29 is 34.4 Å². The smallest absolute Gasteiger partial charge is 0.155 e. The summed E-state index contributed by atoms with van der Waals surface area (Å²) in [5.41, 5.74) is 8.83. The molecule has 37 heavy (non-hydrogen) atoms. The second kappa shape index (κ2) is 12.4. The van der Waals surface area contributed by atoms with Crippen LogP contribution in [0.1, 0.15) is 25.0 Å². The molecule has 0 spiro atoms. The number of nitrogens with zero attached hydrogens (tertiary/aromatic N) is 1. The first kappa shape index (κ1) is 27.8. The molecule has 5 aromatic rings. The molecule has 0 fully saturated rings. The van der Waals surface area contributed by atoms with Gasteiger partial charge in [0.2, 0.25) is 0 Å². The molecule has 0 saturated carbocycles. The van der Waals surface area contributed by atoms with Crippen LogP contribution < -0.4 is 0 Å². The van der Waals surface area contributed by atoms with Crippen molar-refractivity contribution in [3.05, 3.63) is 114 Å².